The SMILES string of the molecule is CCNC(N)=O.ClCCl. The first-order chi connectivity index (χ1) is 4.18. The van der Waals surface area contributed by atoms with Crippen molar-refractivity contribution in [3.63, 3.8) is 0 Å². The van der Waals surface area contributed by atoms with Crippen molar-refractivity contribution in [1.82, 2.24) is 5.32 Å². The van der Waals surface area contributed by atoms with Crippen LogP contribution in [0.5, 0.6) is 0 Å². The minimum atomic E-state index is -0.461. The first kappa shape index (κ1) is 11.6. The van der Waals surface area contributed by atoms with Crippen LogP contribution in [0.15, 0.2) is 0 Å². The Labute approximate surface area is 64.5 Å². The smallest absolute Gasteiger partial charge is 0.312 e. The molecule has 0 aromatic rings. The molecule has 3 N–H and O–H groups in total. The number of amides is 2. The molecule has 0 aliphatic rings. The van der Waals surface area contributed by atoms with Gasteiger partial charge < -0.3 is 11.1 Å². The molecule has 3 nitrogen and oxygen atoms in total. The lowest BCUT2D eigenvalue weighted by Crippen LogP contribution is -2.28. The number of primary amides is 1. The van der Waals surface area contributed by atoms with E-state index in [-0.39, 0.29) is 5.34 Å². The van der Waals surface area contributed by atoms with E-state index in [0.717, 1.165) is 0 Å². The van der Waals surface area contributed by atoms with Gasteiger partial charge in [-0.05, 0) is 6.92 Å². The van der Waals surface area contributed by atoms with E-state index in [9.17, 15) is 4.79 Å². The van der Waals surface area contributed by atoms with Crippen LogP contribution >= 0.6 is 23.2 Å². The summed E-state index contributed by atoms with van der Waals surface area (Å²) < 4.78 is 0. The van der Waals surface area contributed by atoms with E-state index in [1.807, 2.05) is 6.92 Å². The fraction of sp³-hybridized carbons (Fsp3) is 0.750. The van der Waals surface area contributed by atoms with Crippen LogP contribution in [0.2, 0.25) is 0 Å². The first-order valence-electron chi connectivity index (χ1n) is 2.34. The van der Waals surface area contributed by atoms with Gasteiger partial charge in [0.1, 0.15) is 0 Å². The Bertz CT molecular complexity index is 69.6. The average molecular weight is 173 g/mol. The van der Waals surface area contributed by atoms with Gasteiger partial charge >= 0.3 is 6.03 Å². The second-order valence-corrected chi connectivity index (χ2v) is 1.80. The Morgan fingerprint density at radius 3 is 2.00 bits per heavy atom. The third-order valence-electron chi connectivity index (χ3n) is 0.351. The van der Waals surface area contributed by atoms with E-state index in [0.29, 0.717) is 6.54 Å². The average Bonchev–Trinajstić information content (AvgIpc) is 1.67. The van der Waals surface area contributed by atoms with Gasteiger partial charge in [0, 0.05) is 6.54 Å². The molecule has 5 heteroatoms. The predicted octanol–water partition coefficient (Wildman–Crippen LogP) is 1.10. The zero-order valence-electron chi connectivity index (χ0n) is 5.16. The highest BCUT2D eigenvalue weighted by Gasteiger charge is 1.79. The summed E-state index contributed by atoms with van der Waals surface area (Å²) in [6, 6.07) is -0.461. The van der Waals surface area contributed by atoms with Crippen LogP contribution in [0.3, 0.4) is 0 Å². The molecule has 0 saturated heterocycles. The zero-order valence-corrected chi connectivity index (χ0v) is 6.67. The minimum absolute atomic E-state index is 0.194. The van der Waals surface area contributed by atoms with Crippen LogP contribution in [0.25, 0.3) is 0 Å². The Balaban J connectivity index is 0. The lowest BCUT2D eigenvalue weighted by molar-refractivity contribution is 0.249. The molecular weight excluding hydrogens is 163 g/mol. The van der Waals surface area contributed by atoms with Gasteiger partial charge in [-0.3, -0.25) is 0 Å². The second-order valence-electron chi connectivity index (χ2n) is 0.996. The summed E-state index contributed by atoms with van der Waals surface area (Å²) in [5.74, 6) is 0. The molecule has 0 rings (SSSR count). The molecule has 0 unspecified atom stereocenters. The summed E-state index contributed by atoms with van der Waals surface area (Å²) in [4.78, 5) is 9.71. The number of urea groups is 1. The fourth-order valence-electron chi connectivity index (χ4n) is 0.174. The normalized spacial score (nSPS) is 7.00. The van der Waals surface area contributed by atoms with E-state index in [4.69, 9.17) is 23.2 Å². The van der Waals surface area contributed by atoms with E-state index >= 15 is 0 Å². The molecule has 2 amide bonds. The van der Waals surface area contributed by atoms with Crippen molar-refractivity contribution in [3.8, 4) is 0 Å². The molecule has 0 radical (unpaired) electrons. The molecular formula is C4H10Cl2N2O. The van der Waals surface area contributed by atoms with Crippen molar-refractivity contribution in [2.45, 2.75) is 6.92 Å². The standard InChI is InChI=1S/C3H8N2O.CH2Cl2/c1-2-5-3(4)6;2-1-3/h2H2,1H3,(H3,4,5,6);1H2. The van der Waals surface area contributed by atoms with Gasteiger partial charge in [-0.1, -0.05) is 0 Å². The van der Waals surface area contributed by atoms with Gasteiger partial charge in [0.15, 0.2) is 0 Å². The monoisotopic (exact) mass is 172 g/mol. The maximum absolute atomic E-state index is 9.71. The summed E-state index contributed by atoms with van der Waals surface area (Å²) in [6.45, 7) is 2.42. The second kappa shape index (κ2) is 10.8. The highest BCUT2D eigenvalue weighted by molar-refractivity contribution is 6.40. The van der Waals surface area contributed by atoms with E-state index < -0.39 is 6.03 Å². The Morgan fingerprint density at radius 2 is 2.00 bits per heavy atom. The van der Waals surface area contributed by atoms with Gasteiger partial charge in [0.25, 0.3) is 0 Å². The quantitative estimate of drug-likeness (QED) is 0.573. The molecule has 0 aromatic heterocycles. The molecule has 56 valence electrons. The summed E-state index contributed by atoms with van der Waals surface area (Å²) in [7, 11) is 0. The highest BCUT2D eigenvalue weighted by atomic mass is 35.5. The Kier molecular flexibility index (Phi) is 13.9. The van der Waals surface area contributed by atoms with Crippen LogP contribution in [-0.2, 0) is 0 Å². The zero-order chi connectivity index (χ0) is 7.70. The third-order valence-corrected chi connectivity index (χ3v) is 0.351. The van der Waals surface area contributed by atoms with Gasteiger partial charge in [0.2, 0.25) is 0 Å². The predicted molar refractivity (Wildman–Crippen MR) is 39.8 cm³/mol. The van der Waals surface area contributed by atoms with Crippen LogP contribution in [-0.4, -0.2) is 17.9 Å². The van der Waals surface area contributed by atoms with Gasteiger partial charge in [-0.25, -0.2) is 4.79 Å². The molecule has 0 bridgehead atoms. The molecule has 0 aromatic carbocycles. The van der Waals surface area contributed by atoms with Crippen molar-refractivity contribution in [1.29, 1.82) is 0 Å². The van der Waals surface area contributed by atoms with E-state index in [1.165, 1.54) is 0 Å². The maximum atomic E-state index is 9.71. The molecule has 0 aliphatic carbocycles. The lowest BCUT2D eigenvalue weighted by Gasteiger charge is -1.88. The minimum Gasteiger partial charge on any atom is -0.352 e. The molecule has 0 atom stereocenters. The maximum Gasteiger partial charge on any atom is 0.312 e. The summed E-state index contributed by atoms with van der Waals surface area (Å²) in [5.41, 5.74) is 4.65. The number of nitrogens with two attached hydrogens (primary N) is 1. The number of carbonyl (C=O) groups is 1. The Hall–Kier alpha value is -0.150. The summed E-state index contributed by atoms with van der Waals surface area (Å²) in [5, 5.41) is 2.54. The molecule has 0 aliphatic heterocycles. The van der Waals surface area contributed by atoms with Crippen molar-refractivity contribution in [2.24, 2.45) is 5.73 Å². The number of halogens is 2. The van der Waals surface area contributed by atoms with Crippen molar-refractivity contribution in [3.05, 3.63) is 0 Å². The topological polar surface area (TPSA) is 55.1 Å². The van der Waals surface area contributed by atoms with Crippen molar-refractivity contribution in [2.75, 3.05) is 11.9 Å². The number of alkyl halides is 2. The number of hydrogen-bond acceptors (Lipinski definition) is 1. The van der Waals surface area contributed by atoms with Crippen LogP contribution in [0, 0.1) is 0 Å². The van der Waals surface area contributed by atoms with Gasteiger partial charge in [0.05, 0.1) is 5.34 Å². The summed E-state index contributed by atoms with van der Waals surface area (Å²) >= 11 is 9.53. The van der Waals surface area contributed by atoms with Crippen LogP contribution in [0.4, 0.5) is 4.79 Å². The lowest BCUT2D eigenvalue weighted by atomic mass is 10.7. The number of carbonyl (C=O) groups excluding carboxylic acids is 1. The third kappa shape index (κ3) is 33.1. The Morgan fingerprint density at radius 1 is 1.67 bits per heavy atom. The van der Waals surface area contributed by atoms with Gasteiger partial charge in [-0.15, -0.1) is 23.2 Å². The fourth-order valence-corrected chi connectivity index (χ4v) is 0.174. The summed E-state index contributed by atoms with van der Waals surface area (Å²) in [6.07, 6.45) is 0. The van der Waals surface area contributed by atoms with E-state index in [2.05, 4.69) is 11.1 Å². The van der Waals surface area contributed by atoms with Crippen molar-refractivity contribution < 1.29 is 4.79 Å². The van der Waals surface area contributed by atoms with Crippen LogP contribution in [0.1, 0.15) is 6.92 Å². The molecule has 0 saturated carbocycles. The van der Waals surface area contributed by atoms with Gasteiger partial charge in [-0.2, -0.15) is 0 Å². The molecule has 0 spiro atoms. The number of rotatable bonds is 1. The first-order valence-corrected chi connectivity index (χ1v) is 3.41. The number of hydrogen-bond donors (Lipinski definition) is 2. The van der Waals surface area contributed by atoms with Crippen molar-refractivity contribution >= 4 is 29.2 Å². The molecule has 9 heavy (non-hydrogen) atoms. The molecule has 0 fully saturated rings. The van der Waals surface area contributed by atoms with Crippen LogP contribution < -0.4 is 11.1 Å². The largest absolute Gasteiger partial charge is 0.352 e. The highest BCUT2D eigenvalue weighted by Crippen LogP contribution is 1.73. The van der Waals surface area contributed by atoms with E-state index in [1.54, 1.807) is 0 Å². The number of nitrogens with one attached hydrogen (secondary N) is 1. The molecule has 0 heterocycles.